The zero-order valence-corrected chi connectivity index (χ0v) is 13.7. The maximum Gasteiger partial charge on any atom is 0.337 e. The van der Waals surface area contributed by atoms with Crippen LogP contribution in [0.3, 0.4) is 0 Å². The zero-order chi connectivity index (χ0) is 15.2. The quantitative estimate of drug-likeness (QED) is 0.786. The highest BCUT2D eigenvalue weighted by atomic mass is 35.5. The molecule has 0 aromatic heterocycles. The highest BCUT2D eigenvalue weighted by Gasteiger charge is 2.12. The van der Waals surface area contributed by atoms with E-state index < -0.39 is 6.10 Å². The van der Waals surface area contributed by atoms with E-state index in [2.05, 4.69) is 10.1 Å². The Morgan fingerprint density at radius 1 is 1.29 bits per heavy atom. The molecule has 120 valence electrons. The van der Waals surface area contributed by atoms with E-state index in [4.69, 9.17) is 4.74 Å². The second kappa shape index (κ2) is 8.87. The normalized spacial score (nSPS) is 12.2. The molecule has 0 aliphatic heterocycles. The molecular weight excluding hydrogens is 294 g/mol. The molecule has 0 spiro atoms. The van der Waals surface area contributed by atoms with Crippen LogP contribution in [0, 0.1) is 0 Å². The van der Waals surface area contributed by atoms with Gasteiger partial charge in [-0.3, -0.25) is 0 Å². The topological polar surface area (TPSA) is 67.8 Å². The first kappa shape index (κ1) is 19.7. The number of esters is 1. The zero-order valence-electron chi connectivity index (χ0n) is 12.9. The summed E-state index contributed by atoms with van der Waals surface area (Å²) < 4.78 is 10.1. The van der Waals surface area contributed by atoms with E-state index in [1.165, 1.54) is 7.11 Å². The number of aliphatic hydroxyl groups is 1. The van der Waals surface area contributed by atoms with E-state index >= 15 is 0 Å². The van der Waals surface area contributed by atoms with Crippen LogP contribution < -0.4 is 10.1 Å². The van der Waals surface area contributed by atoms with Crippen LogP contribution in [0.25, 0.3) is 0 Å². The van der Waals surface area contributed by atoms with Gasteiger partial charge >= 0.3 is 5.97 Å². The van der Waals surface area contributed by atoms with E-state index in [1.54, 1.807) is 24.3 Å². The SMILES string of the molecule is COC(=O)c1ccc(OCC(O)CNC(C)(C)C)cc1.Cl. The number of hydrogen-bond donors (Lipinski definition) is 2. The fraction of sp³-hybridized carbons (Fsp3) is 0.533. The molecule has 1 rings (SSSR count). The average Bonchev–Trinajstić information content (AvgIpc) is 2.41. The predicted octanol–water partition coefficient (Wildman–Crippen LogP) is 2.02. The van der Waals surface area contributed by atoms with E-state index in [-0.39, 0.29) is 30.5 Å². The molecule has 1 atom stereocenters. The van der Waals surface area contributed by atoms with Crippen molar-refractivity contribution in [3.63, 3.8) is 0 Å². The number of carbonyl (C=O) groups excluding carboxylic acids is 1. The highest BCUT2D eigenvalue weighted by molar-refractivity contribution is 5.89. The van der Waals surface area contributed by atoms with E-state index in [1.807, 2.05) is 20.8 Å². The van der Waals surface area contributed by atoms with Crippen LogP contribution in [0.5, 0.6) is 5.75 Å². The predicted molar refractivity (Wildman–Crippen MR) is 84.3 cm³/mol. The fourth-order valence-electron chi connectivity index (χ4n) is 1.48. The number of halogens is 1. The van der Waals surface area contributed by atoms with Gasteiger partial charge in [0.05, 0.1) is 12.7 Å². The third-order valence-corrected chi connectivity index (χ3v) is 2.59. The Labute approximate surface area is 132 Å². The average molecular weight is 318 g/mol. The molecule has 6 heteroatoms. The lowest BCUT2D eigenvalue weighted by Crippen LogP contribution is -2.42. The summed E-state index contributed by atoms with van der Waals surface area (Å²) >= 11 is 0. The van der Waals surface area contributed by atoms with Crippen LogP contribution in [-0.4, -0.2) is 43.0 Å². The van der Waals surface area contributed by atoms with Gasteiger partial charge in [0.25, 0.3) is 0 Å². The molecular formula is C15H24ClNO4. The summed E-state index contributed by atoms with van der Waals surface area (Å²) in [5.41, 5.74) is 0.429. The van der Waals surface area contributed by atoms with Crippen molar-refractivity contribution in [3.8, 4) is 5.75 Å². The minimum atomic E-state index is -0.588. The van der Waals surface area contributed by atoms with Gasteiger partial charge < -0.3 is 19.9 Å². The lowest BCUT2D eigenvalue weighted by Gasteiger charge is -2.22. The summed E-state index contributed by atoms with van der Waals surface area (Å²) in [4.78, 5) is 11.3. The molecule has 0 radical (unpaired) electrons. The Kier molecular flexibility index (Phi) is 8.32. The molecule has 0 amide bonds. The van der Waals surface area contributed by atoms with Gasteiger partial charge in [0, 0.05) is 12.1 Å². The van der Waals surface area contributed by atoms with E-state index in [0.29, 0.717) is 17.9 Å². The number of ether oxygens (including phenoxy) is 2. The van der Waals surface area contributed by atoms with Crippen molar-refractivity contribution in [1.29, 1.82) is 0 Å². The van der Waals surface area contributed by atoms with Crippen molar-refractivity contribution in [1.82, 2.24) is 5.32 Å². The Morgan fingerprint density at radius 2 is 1.86 bits per heavy atom. The van der Waals surface area contributed by atoms with E-state index in [0.717, 1.165) is 0 Å². The molecule has 0 saturated heterocycles. The summed E-state index contributed by atoms with van der Waals surface area (Å²) in [6.45, 7) is 6.76. The maximum absolute atomic E-state index is 11.3. The molecule has 0 aliphatic carbocycles. The number of carbonyl (C=O) groups is 1. The van der Waals surface area contributed by atoms with Crippen LogP contribution in [0.15, 0.2) is 24.3 Å². The van der Waals surface area contributed by atoms with Gasteiger partial charge in [-0.05, 0) is 45.0 Å². The van der Waals surface area contributed by atoms with Crippen molar-refractivity contribution in [2.75, 3.05) is 20.3 Å². The first-order chi connectivity index (χ1) is 9.31. The number of β-amino-alcohol motifs (C(OH)–C–C–N with tert-alkyl or cyclic N) is 1. The van der Waals surface area contributed by atoms with Crippen LogP contribution in [0.1, 0.15) is 31.1 Å². The monoisotopic (exact) mass is 317 g/mol. The Hall–Kier alpha value is -1.30. The summed E-state index contributed by atoms with van der Waals surface area (Å²) in [7, 11) is 1.34. The summed E-state index contributed by atoms with van der Waals surface area (Å²) in [5, 5.41) is 13.0. The lowest BCUT2D eigenvalue weighted by atomic mass is 10.1. The summed E-state index contributed by atoms with van der Waals surface area (Å²) in [5.74, 6) is 0.221. The summed E-state index contributed by atoms with van der Waals surface area (Å²) in [6.07, 6.45) is -0.588. The van der Waals surface area contributed by atoms with Gasteiger partial charge in [-0.1, -0.05) is 0 Å². The summed E-state index contributed by atoms with van der Waals surface area (Å²) in [6, 6.07) is 6.61. The van der Waals surface area contributed by atoms with Gasteiger partial charge in [0.1, 0.15) is 18.5 Å². The van der Waals surface area contributed by atoms with Gasteiger partial charge in [0.15, 0.2) is 0 Å². The molecule has 21 heavy (non-hydrogen) atoms. The molecule has 1 aromatic carbocycles. The Morgan fingerprint density at radius 3 is 2.33 bits per heavy atom. The van der Waals surface area contributed by atoms with Crippen LogP contribution in [0.2, 0.25) is 0 Å². The Bertz CT molecular complexity index is 428. The molecule has 0 bridgehead atoms. The molecule has 0 fully saturated rings. The number of benzene rings is 1. The number of nitrogens with one attached hydrogen (secondary N) is 1. The smallest absolute Gasteiger partial charge is 0.337 e. The molecule has 1 unspecified atom stereocenters. The number of rotatable bonds is 6. The molecule has 2 N–H and O–H groups in total. The molecule has 1 aromatic rings. The molecule has 0 saturated carbocycles. The standard InChI is InChI=1S/C15H23NO4.ClH/c1-15(2,3)16-9-12(17)10-20-13-7-5-11(6-8-13)14(18)19-4;/h5-8,12,16-17H,9-10H2,1-4H3;1H. The second-order valence-corrected chi connectivity index (χ2v) is 5.61. The van der Waals surface area contributed by atoms with Crippen LogP contribution in [0.4, 0.5) is 0 Å². The van der Waals surface area contributed by atoms with Gasteiger partial charge in [-0.15, -0.1) is 12.4 Å². The van der Waals surface area contributed by atoms with E-state index in [9.17, 15) is 9.90 Å². The van der Waals surface area contributed by atoms with Gasteiger partial charge in [-0.25, -0.2) is 4.79 Å². The Balaban J connectivity index is 0.00000400. The third-order valence-electron chi connectivity index (χ3n) is 2.59. The number of hydrogen-bond acceptors (Lipinski definition) is 5. The van der Waals surface area contributed by atoms with Gasteiger partial charge in [-0.2, -0.15) is 0 Å². The van der Waals surface area contributed by atoms with Crippen molar-refractivity contribution in [3.05, 3.63) is 29.8 Å². The van der Waals surface area contributed by atoms with Crippen LogP contribution >= 0.6 is 12.4 Å². The number of aliphatic hydroxyl groups excluding tert-OH is 1. The molecule has 0 heterocycles. The second-order valence-electron chi connectivity index (χ2n) is 5.61. The van der Waals surface area contributed by atoms with Gasteiger partial charge in [0.2, 0.25) is 0 Å². The van der Waals surface area contributed by atoms with Crippen molar-refractivity contribution >= 4 is 18.4 Å². The fourth-order valence-corrected chi connectivity index (χ4v) is 1.48. The van der Waals surface area contributed by atoms with Crippen LogP contribution in [-0.2, 0) is 4.74 Å². The first-order valence-corrected chi connectivity index (χ1v) is 6.56. The third kappa shape index (κ3) is 7.90. The number of methoxy groups -OCH3 is 1. The minimum Gasteiger partial charge on any atom is -0.491 e. The maximum atomic E-state index is 11.3. The van der Waals surface area contributed by atoms with Crippen molar-refractivity contribution < 1.29 is 19.4 Å². The van der Waals surface area contributed by atoms with Crippen molar-refractivity contribution in [2.45, 2.75) is 32.4 Å². The molecule has 5 nitrogen and oxygen atoms in total. The van der Waals surface area contributed by atoms with Crippen molar-refractivity contribution in [2.24, 2.45) is 0 Å². The largest absolute Gasteiger partial charge is 0.491 e. The lowest BCUT2D eigenvalue weighted by molar-refractivity contribution is 0.0600. The highest BCUT2D eigenvalue weighted by Crippen LogP contribution is 2.13. The minimum absolute atomic E-state index is 0. The first-order valence-electron chi connectivity index (χ1n) is 6.56. The molecule has 0 aliphatic rings.